The van der Waals surface area contributed by atoms with E-state index in [0.29, 0.717) is 10.8 Å². The van der Waals surface area contributed by atoms with Crippen molar-refractivity contribution >= 4 is 34.9 Å². The number of nitro benzene ring substituents is 1. The molecule has 104 valence electrons. The van der Waals surface area contributed by atoms with E-state index in [0.717, 1.165) is 16.4 Å². The Morgan fingerprint density at radius 2 is 2.00 bits per heavy atom. The van der Waals surface area contributed by atoms with Crippen LogP contribution in [-0.2, 0) is 5.75 Å². The van der Waals surface area contributed by atoms with Crippen molar-refractivity contribution in [2.75, 3.05) is 12.4 Å². The Balaban J connectivity index is 2.06. The first kappa shape index (κ1) is 14.6. The standard InChI is InChI=1S/C13H12ClN3O2S/c1-15-13-7-6-11(14)12(16-13)8-20-10-4-2-9(3-5-10)17(18)19/h2-7H,8H2,1H3,(H,15,16). The second-order valence-corrected chi connectivity index (χ2v) is 5.37. The van der Waals surface area contributed by atoms with Gasteiger partial charge in [0.1, 0.15) is 5.82 Å². The van der Waals surface area contributed by atoms with Crippen molar-refractivity contribution in [2.24, 2.45) is 0 Å². The third-order valence-corrected chi connectivity index (χ3v) is 3.97. The van der Waals surface area contributed by atoms with Gasteiger partial charge in [-0.3, -0.25) is 10.1 Å². The summed E-state index contributed by atoms with van der Waals surface area (Å²) in [6.45, 7) is 0. The van der Waals surface area contributed by atoms with E-state index < -0.39 is 4.92 Å². The average Bonchev–Trinajstić information content (AvgIpc) is 2.47. The number of rotatable bonds is 5. The van der Waals surface area contributed by atoms with Crippen LogP contribution in [0.15, 0.2) is 41.3 Å². The first-order valence-corrected chi connectivity index (χ1v) is 7.17. The number of pyridine rings is 1. The number of thioether (sulfide) groups is 1. The van der Waals surface area contributed by atoms with Crippen molar-refractivity contribution < 1.29 is 4.92 Å². The summed E-state index contributed by atoms with van der Waals surface area (Å²) in [7, 11) is 1.80. The van der Waals surface area contributed by atoms with Gasteiger partial charge >= 0.3 is 0 Å². The van der Waals surface area contributed by atoms with Crippen LogP contribution in [0, 0.1) is 10.1 Å². The fourth-order valence-corrected chi connectivity index (χ4v) is 2.64. The molecular weight excluding hydrogens is 298 g/mol. The number of benzene rings is 1. The molecule has 0 spiro atoms. The number of hydrogen-bond donors (Lipinski definition) is 1. The molecule has 7 heteroatoms. The largest absolute Gasteiger partial charge is 0.373 e. The molecule has 2 rings (SSSR count). The summed E-state index contributed by atoms with van der Waals surface area (Å²) in [5.41, 5.74) is 0.865. The van der Waals surface area contributed by atoms with Crippen molar-refractivity contribution in [3.63, 3.8) is 0 Å². The molecule has 0 saturated heterocycles. The van der Waals surface area contributed by atoms with Crippen LogP contribution >= 0.6 is 23.4 Å². The SMILES string of the molecule is CNc1ccc(Cl)c(CSc2ccc([N+](=O)[O-])cc2)n1. The normalized spacial score (nSPS) is 10.3. The quantitative estimate of drug-likeness (QED) is 0.514. The van der Waals surface area contributed by atoms with Gasteiger partial charge in [-0.15, -0.1) is 11.8 Å². The number of non-ortho nitro benzene ring substituents is 1. The summed E-state index contributed by atoms with van der Waals surface area (Å²) in [4.78, 5) is 15.5. The number of nitrogens with one attached hydrogen (secondary N) is 1. The van der Waals surface area contributed by atoms with Gasteiger partial charge in [0, 0.05) is 29.8 Å². The second-order valence-electron chi connectivity index (χ2n) is 3.91. The molecule has 0 aliphatic rings. The van der Waals surface area contributed by atoms with E-state index in [2.05, 4.69) is 10.3 Å². The fourth-order valence-electron chi connectivity index (χ4n) is 1.54. The molecule has 0 radical (unpaired) electrons. The Morgan fingerprint density at radius 3 is 2.60 bits per heavy atom. The molecule has 2 aromatic rings. The van der Waals surface area contributed by atoms with Gasteiger partial charge in [0.15, 0.2) is 0 Å². The predicted molar refractivity (Wildman–Crippen MR) is 81.5 cm³/mol. The van der Waals surface area contributed by atoms with Crippen LogP contribution in [0.25, 0.3) is 0 Å². The highest BCUT2D eigenvalue weighted by atomic mass is 35.5. The molecule has 0 amide bonds. The second kappa shape index (κ2) is 6.58. The Bertz CT molecular complexity index is 620. The molecule has 1 aromatic carbocycles. The highest BCUT2D eigenvalue weighted by molar-refractivity contribution is 7.98. The molecule has 0 atom stereocenters. The van der Waals surface area contributed by atoms with Crippen molar-refractivity contribution in [3.05, 3.63) is 57.2 Å². The molecule has 1 aromatic heterocycles. The van der Waals surface area contributed by atoms with E-state index in [-0.39, 0.29) is 5.69 Å². The van der Waals surface area contributed by atoms with Gasteiger partial charge < -0.3 is 5.32 Å². The lowest BCUT2D eigenvalue weighted by atomic mass is 10.3. The van der Waals surface area contributed by atoms with Crippen LogP contribution in [0.3, 0.4) is 0 Å². The lowest BCUT2D eigenvalue weighted by Crippen LogP contribution is -1.96. The number of hydrogen-bond acceptors (Lipinski definition) is 5. The van der Waals surface area contributed by atoms with E-state index in [1.54, 1.807) is 25.2 Å². The maximum atomic E-state index is 10.6. The van der Waals surface area contributed by atoms with Gasteiger partial charge in [-0.05, 0) is 24.3 Å². The Labute approximate surface area is 125 Å². The molecular formula is C13H12ClN3O2S. The maximum Gasteiger partial charge on any atom is 0.269 e. The Kier molecular flexibility index (Phi) is 4.81. The van der Waals surface area contributed by atoms with Gasteiger partial charge in [-0.25, -0.2) is 4.98 Å². The van der Waals surface area contributed by atoms with E-state index in [4.69, 9.17) is 11.6 Å². The molecule has 0 aliphatic heterocycles. The van der Waals surface area contributed by atoms with Crippen LogP contribution in [0.4, 0.5) is 11.5 Å². The number of anilines is 1. The van der Waals surface area contributed by atoms with E-state index in [1.165, 1.54) is 23.9 Å². The summed E-state index contributed by atoms with van der Waals surface area (Å²) in [5.74, 6) is 1.36. The van der Waals surface area contributed by atoms with Crippen molar-refractivity contribution in [1.29, 1.82) is 0 Å². The number of nitro groups is 1. The number of aromatic nitrogens is 1. The van der Waals surface area contributed by atoms with Crippen molar-refractivity contribution in [3.8, 4) is 0 Å². The minimum atomic E-state index is -0.413. The summed E-state index contributed by atoms with van der Waals surface area (Å²) >= 11 is 7.62. The molecule has 0 unspecified atom stereocenters. The molecule has 1 N–H and O–H groups in total. The highest BCUT2D eigenvalue weighted by Crippen LogP contribution is 2.27. The Morgan fingerprint density at radius 1 is 1.30 bits per heavy atom. The molecule has 0 saturated carbocycles. The molecule has 0 fully saturated rings. The fraction of sp³-hybridized carbons (Fsp3) is 0.154. The van der Waals surface area contributed by atoms with E-state index in [9.17, 15) is 10.1 Å². The van der Waals surface area contributed by atoms with Gasteiger partial charge in [-0.2, -0.15) is 0 Å². The molecule has 20 heavy (non-hydrogen) atoms. The third-order valence-electron chi connectivity index (χ3n) is 2.60. The first-order chi connectivity index (χ1) is 9.60. The first-order valence-electron chi connectivity index (χ1n) is 5.80. The van der Waals surface area contributed by atoms with Crippen LogP contribution < -0.4 is 5.32 Å². The van der Waals surface area contributed by atoms with Gasteiger partial charge in [0.05, 0.1) is 15.6 Å². The Hall–Kier alpha value is -1.79. The smallest absolute Gasteiger partial charge is 0.269 e. The lowest BCUT2D eigenvalue weighted by molar-refractivity contribution is -0.384. The monoisotopic (exact) mass is 309 g/mol. The zero-order valence-corrected chi connectivity index (χ0v) is 12.2. The van der Waals surface area contributed by atoms with Gasteiger partial charge in [0.25, 0.3) is 5.69 Å². The minimum absolute atomic E-state index is 0.0858. The zero-order valence-electron chi connectivity index (χ0n) is 10.7. The lowest BCUT2D eigenvalue weighted by Gasteiger charge is -2.06. The molecule has 0 bridgehead atoms. The van der Waals surface area contributed by atoms with E-state index in [1.807, 2.05) is 6.07 Å². The average molecular weight is 310 g/mol. The summed E-state index contributed by atoms with van der Waals surface area (Å²) in [5, 5.41) is 14.1. The molecule has 5 nitrogen and oxygen atoms in total. The molecule has 1 heterocycles. The number of halogens is 1. The topological polar surface area (TPSA) is 68.1 Å². The van der Waals surface area contributed by atoms with Crippen LogP contribution in [0.1, 0.15) is 5.69 Å². The van der Waals surface area contributed by atoms with Crippen LogP contribution in [0.5, 0.6) is 0 Å². The highest BCUT2D eigenvalue weighted by Gasteiger charge is 2.07. The van der Waals surface area contributed by atoms with Gasteiger partial charge in [0.2, 0.25) is 0 Å². The van der Waals surface area contributed by atoms with Crippen molar-refractivity contribution in [1.82, 2.24) is 4.98 Å². The maximum absolute atomic E-state index is 10.6. The van der Waals surface area contributed by atoms with Gasteiger partial charge in [-0.1, -0.05) is 11.6 Å². The number of nitrogens with zero attached hydrogens (tertiary/aromatic N) is 2. The zero-order chi connectivity index (χ0) is 14.5. The van der Waals surface area contributed by atoms with Crippen molar-refractivity contribution in [2.45, 2.75) is 10.6 Å². The van der Waals surface area contributed by atoms with Crippen LogP contribution in [0.2, 0.25) is 5.02 Å². The van der Waals surface area contributed by atoms with Crippen LogP contribution in [-0.4, -0.2) is 17.0 Å². The summed E-state index contributed by atoms with van der Waals surface area (Å²) in [6, 6.07) is 10.0. The summed E-state index contributed by atoms with van der Waals surface area (Å²) < 4.78 is 0. The minimum Gasteiger partial charge on any atom is -0.373 e. The predicted octanol–water partition coefficient (Wildman–Crippen LogP) is 3.98. The third kappa shape index (κ3) is 3.61. The molecule has 0 aliphatic carbocycles. The van der Waals surface area contributed by atoms with E-state index >= 15 is 0 Å². The summed E-state index contributed by atoms with van der Waals surface area (Å²) in [6.07, 6.45) is 0.